The monoisotopic (exact) mass is 308 g/mol. The Morgan fingerprint density at radius 2 is 2.13 bits per heavy atom. The van der Waals surface area contributed by atoms with E-state index in [1.165, 1.54) is 0 Å². The van der Waals surface area contributed by atoms with E-state index >= 15 is 0 Å². The van der Waals surface area contributed by atoms with E-state index in [0.29, 0.717) is 23.1 Å². The summed E-state index contributed by atoms with van der Waals surface area (Å²) in [5.41, 5.74) is 1.60. The maximum absolute atomic E-state index is 6.34. The van der Waals surface area contributed by atoms with E-state index in [1.807, 2.05) is 24.3 Å². The van der Waals surface area contributed by atoms with Crippen molar-refractivity contribution < 1.29 is 13.9 Å². The van der Waals surface area contributed by atoms with E-state index in [4.69, 9.17) is 15.0 Å². The van der Waals surface area contributed by atoms with Crippen molar-refractivity contribution in [3.8, 4) is 5.75 Å². The van der Waals surface area contributed by atoms with Crippen molar-refractivity contribution in [3.63, 3.8) is 0 Å². The molecule has 2 aromatic rings. The number of quaternary nitrogens is 1. The molecule has 3 heterocycles. The average Bonchev–Trinajstić information content (AvgIpc) is 3.20. The summed E-state index contributed by atoms with van der Waals surface area (Å²) in [5.74, 6) is 8.64. The van der Waals surface area contributed by atoms with Crippen LogP contribution in [0.2, 0.25) is 0 Å². The number of nitrogens with two attached hydrogens (primary N) is 1. The lowest BCUT2D eigenvalue weighted by molar-refractivity contribution is -0.802. The summed E-state index contributed by atoms with van der Waals surface area (Å²) in [7, 11) is 1.62. The first-order valence-electron chi connectivity index (χ1n) is 7.00. The summed E-state index contributed by atoms with van der Waals surface area (Å²) in [4.78, 5) is 8.82. The van der Waals surface area contributed by atoms with E-state index in [2.05, 4.69) is 15.1 Å². The molecular weight excluding hydrogens is 294 g/mol. The van der Waals surface area contributed by atoms with E-state index < -0.39 is 0 Å². The van der Waals surface area contributed by atoms with Crippen LogP contribution in [-0.2, 0) is 0 Å². The van der Waals surface area contributed by atoms with Crippen LogP contribution >= 0.6 is 0 Å². The van der Waals surface area contributed by atoms with Crippen molar-refractivity contribution in [2.75, 3.05) is 7.11 Å². The molecule has 0 spiro atoms. The number of amidine groups is 2. The van der Waals surface area contributed by atoms with Crippen LogP contribution < -0.4 is 10.6 Å². The normalized spacial score (nSPS) is 22.3. The summed E-state index contributed by atoms with van der Waals surface area (Å²) >= 11 is 0. The molecule has 2 aliphatic rings. The van der Waals surface area contributed by atoms with Crippen LogP contribution in [0.4, 0.5) is 0 Å². The Morgan fingerprint density at radius 3 is 2.91 bits per heavy atom. The first-order valence-corrected chi connectivity index (χ1v) is 7.00. The standard InChI is InChI=1S/C16H14N5O2/c1-22-12-5-2-4-11(8-12)13-10-21(17)15(9-18-13)19-16(20-21)14-6-3-7-23-14/h2-10H,17H2,1H3/q+1. The van der Waals surface area contributed by atoms with E-state index in [0.717, 1.165) is 11.3 Å². The lowest BCUT2D eigenvalue weighted by Gasteiger charge is -2.19. The van der Waals surface area contributed by atoms with Crippen molar-refractivity contribution in [2.24, 2.45) is 20.9 Å². The zero-order valence-corrected chi connectivity index (χ0v) is 12.4. The Hall–Kier alpha value is -3.03. The smallest absolute Gasteiger partial charge is 0.300 e. The molecule has 1 unspecified atom stereocenters. The number of nitrogens with zero attached hydrogens (tertiary/aromatic N) is 4. The van der Waals surface area contributed by atoms with E-state index in [9.17, 15) is 0 Å². The highest BCUT2D eigenvalue weighted by molar-refractivity contribution is 6.32. The zero-order valence-electron chi connectivity index (χ0n) is 12.4. The number of aliphatic imine (C=N–C) groups is 2. The number of hydrogen-bond acceptors (Lipinski definition) is 6. The van der Waals surface area contributed by atoms with Crippen LogP contribution in [0.1, 0.15) is 11.3 Å². The van der Waals surface area contributed by atoms with Crippen molar-refractivity contribution in [1.82, 2.24) is 0 Å². The highest BCUT2D eigenvalue weighted by atomic mass is 16.5. The third kappa shape index (κ3) is 2.28. The van der Waals surface area contributed by atoms with Gasteiger partial charge in [-0.15, -0.1) is 5.84 Å². The van der Waals surface area contributed by atoms with Gasteiger partial charge in [-0.05, 0) is 34.1 Å². The van der Waals surface area contributed by atoms with Gasteiger partial charge in [0.15, 0.2) is 12.0 Å². The molecule has 2 aliphatic heterocycles. The summed E-state index contributed by atoms with van der Waals surface area (Å²) in [6, 6.07) is 11.2. The minimum Gasteiger partial charge on any atom is -0.497 e. The van der Waals surface area contributed by atoms with Gasteiger partial charge in [0.2, 0.25) is 0 Å². The van der Waals surface area contributed by atoms with Crippen LogP contribution in [-0.4, -0.2) is 29.7 Å². The van der Waals surface area contributed by atoms with Gasteiger partial charge in [-0.2, -0.15) is 4.99 Å². The summed E-state index contributed by atoms with van der Waals surface area (Å²) < 4.78 is 10.3. The number of rotatable bonds is 3. The average molecular weight is 308 g/mol. The molecule has 23 heavy (non-hydrogen) atoms. The number of benzene rings is 1. The molecule has 0 bridgehead atoms. The Bertz CT molecular complexity index is 880. The maximum Gasteiger partial charge on any atom is 0.300 e. The first-order chi connectivity index (χ1) is 11.2. The van der Waals surface area contributed by atoms with Crippen molar-refractivity contribution in [3.05, 3.63) is 60.2 Å². The van der Waals surface area contributed by atoms with Crippen LogP contribution in [0, 0.1) is 0 Å². The second kappa shape index (κ2) is 5.01. The first kappa shape index (κ1) is 13.6. The van der Waals surface area contributed by atoms with E-state index in [1.54, 1.807) is 37.9 Å². The highest BCUT2D eigenvalue weighted by Crippen LogP contribution is 2.27. The minimum atomic E-state index is -0.286. The third-order valence-electron chi connectivity index (χ3n) is 3.59. The Morgan fingerprint density at radius 1 is 1.22 bits per heavy atom. The summed E-state index contributed by atoms with van der Waals surface area (Å²) in [6.45, 7) is 0. The lowest BCUT2D eigenvalue weighted by Crippen LogP contribution is -2.50. The number of furan rings is 1. The number of methoxy groups -OCH3 is 1. The fraction of sp³-hybridized carbons (Fsp3) is 0.0625. The van der Waals surface area contributed by atoms with Crippen molar-refractivity contribution in [1.29, 1.82) is 0 Å². The molecule has 114 valence electrons. The minimum absolute atomic E-state index is 0.286. The van der Waals surface area contributed by atoms with Crippen molar-refractivity contribution in [2.45, 2.75) is 0 Å². The highest BCUT2D eigenvalue weighted by Gasteiger charge is 2.40. The second-order valence-corrected chi connectivity index (χ2v) is 5.11. The van der Waals surface area contributed by atoms with Gasteiger partial charge in [-0.3, -0.25) is 0 Å². The molecule has 0 radical (unpaired) electrons. The third-order valence-corrected chi connectivity index (χ3v) is 3.59. The maximum atomic E-state index is 6.34. The van der Waals surface area contributed by atoms with Gasteiger partial charge in [0.05, 0.1) is 13.4 Å². The predicted molar refractivity (Wildman–Crippen MR) is 86.6 cm³/mol. The molecule has 7 nitrogen and oxygen atoms in total. The van der Waals surface area contributed by atoms with Crippen LogP contribution in [0.15, 0.2) is 68.4 Å². The molecule has 0 aliphatic carbocycles. The molecule has 1 aromatic heterocycles. The molecule has 0 amide bonds. The van der Waals surface area contributed by atoms with Crippen molar-refractivity contribution >= 4 is 23.6 Å². The predicted octanol–water partition coefficient (Wildman–Crippen LogP) is 2.14. The van der Waals surface area contributed by atoms with Gasteiger partial charge in [-0.25, -0.2) is 4.99 Å². The largest absolute Gasteiger partial charge is 0.497 e. The van der Waals surface area contributed by atoms with E-state index in [-0.39, 0.29) is 4.70 Å². The van der Waals surface area contributed by atoms with Gasteiger partial charge in [-0.1, -0.05) is 12.1 Å². The van der Waals surface area contributed by atoms with Gasteiger partial charge in [0.25, 0.3) is 11.7 Å². The van der Waals surface area contributed by atoms with Crippen LogP contribution in [0.25, 0.3) is 5.70 Å². The molecule has 0 saturated heterocycles. The number of hydrogen-bond donors (Lipinski definition) is 1. The van der Waals surface area contributed by atoms with Gasteiger partial charge >= 0.3 is 0 Å². The lowest BCUT2D eigenvalue weighted by atomic mass is 10.1. The van der Waals surface area contributed by atoms with Gasteiger partial charge in [0.1, 0.15) is 17.7 Å². The fourth-order valence-corrected chi connectivity index (χ4v) is 2.42. The molecule has 1 atom stereocenters. The van der Waals surface area contributed by atoms with Crippen LogP contribution in [0.5, 0.6) is 5.75 Å². The quantitative estimate of drug-likeness (QED) is 0.696. The molecule has 0 fully saturated rings. The Balaban J connectivity index is 1.74. The topological polar surface area (TPSA) is 85.5 Å². The molecule has 4 rings (SSSR count). The fourth-order valence-electron chi connectivity index (χ4n) is 2.42. The van der Waals surface area contributed by atoms with Gasteiger partial charge < -0.3 is 9.15 Å². The Labute approximate surface area is 132 Å². The number of fused-ring (bicyclic) bond motifs is 1. The Kier molecular flexibility index (Phi) is 2.97. The van der Waals surface area contributed by atoms with Crippen LogP contribution in [0.3, 0.4) is 0 Å². The number of ether oxygens (including phenoxy) is 1. The SMILES string of the molecule is COc1cccc(C2=C[N+]3(N)N=C(c4ccco4)N=C3C=N2)c1. The zero-order chi connectivity index (χ0) is 15.9. The second-order valence-electron chi connectivity index (χ2n) is 5.11. The molecule has 7 heteroatoms. The van der Waals surface area contributed by atoms with Gasteiger partial charge in [0, 0.05) is 5.56 Å². The molecular formula is C16H14N5O2+. The molecule has 2 N–H and O–H groups in total. The summed E-state index contributed by atoms with van der Waals surface area (Å²) in [5, 5.41) is 4.44. The summed E-state index contributed by atoms with van der Waals surface area (Å²) in [6.07, 6.45) is 4.93. The molecule has 1 aromatic carbocycles. The molecule has 0 saturated carbocycles.